The Bertz CT molecular complexity index is 405. The first-order chi connectivity index (χ1) is 8.65. The third-order valence-corrected chi connectivity index (χ3v) is 4.34. The van der Waals surface area contributed by atoms with Crippen molar-refractivity contribution in [2.24, 2.45) is 0 Å². The molecule has 98 valence electrons. The summed E-state index contributed by atoms with van der Waals surface area (Å²) < 4.78 is 0. The van der Waals surface area contributed by atoms with Crippen molar-refractivity contribution in [3.8, 4) is 0 Å². The van der Waals surface area contributed by atoms with E-state index in [1.807, 2.05) is 40.9 Å². The number of carbonyl (C=O) groups excluding carboxylic acids is 1. The minimum Gasteiger partial charge on any atom is -0.399 e. The first-order valence-electron chi connectivity index (χ1n) is 6.39. The van der Waals surface area contributed by atoms with Gasteiger partial charge in [-0.05, 0) is 24.1 Å². The maximum absolute atomic E-state index is 12.1. The van der Waals surface area contributed by atoms with E-state index in [1.165, 1.54) is 5.56 Å². The lowest BCUT2D eigenvalue weighted by Gasteiger charge is -2.30. The maximum atomic E-state index is 12.1. The Hall–Kier alpha value is -1.16. The van der Waals surface area contributed by atoms with Gasteiger partial charge in [0.05, 0.1) is 0 Å². The average Bonchev–Trinajstić information content (AvgIpc) is 2.38. The molecular formula is C14H20N2OS. The first kappa shape index (κ1) is 13.3. The summed E-state index contributed by atoms with van der Waals surface area (Å²) in [5.41, 5.74) is 7.59. The molecule has 1 saturated heterocycles. The number of benzene rings is 1. The van der Waals surface area contributed by atoms with E-state index in [-0.39, 0.29) is 5.91 Å². The summed E-state index contributed by atoms with van der Waals surface area (Å²) in [7, 11) is 0. The van der Waals surface area contributed by atoms with E-state index in [0.29, 0.717) is 11.7 Å². The number of hydrogen-bond donors (Lipinski definition) is 1. The Labute approximate surface area is 113 Å². The van der Waals surface area contributed by atoms with Crippen molar-refractivity contribution in [2.45, 2.75) is 25.0 Å². The molecule has 4 heteroatoms. The molecule has 1 atom stereocenters. The molecule has 3 nitrogen and oxygen atoms in total. The molecule has 0 aliphatic carbocycles. The van der Waals surface area contributed by atoms with E-state index in [4.69, 9.17) is 5.73 Å². The van der Waals surface area contributed by atoms with Gasteiger partial charge in [0.1, 0.15) is 0 Å². The van der Waals surface area contributed by atoms with Crippen LogP contribution < -0.4 is 5.73 Å². The van der Waals surface area contributed by atoms with E-state index < -0.39 is 0 Å². The first-order valence-corrected chi connectivity index (χ1v) is 7.44. The highest BCUT2D eigenvalue weighted by Gasteiger charge is 2.20. The number of anilines is 1. The monoisotopic (exact) mass is 264 g/mol. The molecule has 1 amide bonds. The molecule has 0 radical (unpaired) electrons. The number of aryl methyl sites for hydroxylation is 1. The van der Waals surface area contributed by atoms with Crippen molar-refractivity contribution in [3.05, 3.63) is 29.8 Å². The molecule has 18 heavy (non-hydrogen) atoms. The van der Waals surface area contributed by atoms with E-state index >= 15 is 0 Å². The second-order valence-corrected chi connectivity index (χ2v) is 6.31. The topological polar surface area (TPSA) is 46.3 Å². The van der Waals surface area contributed by atoms with Gasteiger partial charge >= 0.3 is 0 Å². The van der Waals surface area contributed by atoms with Crippen LogP contribution in [0.15, 0.2) is 24.3 Å². The predicted molar refractivity (Wildman–Crippen MR) is 77.7 cm³/mol. The van der Waals surface area contributed by atoms with Gasteiger partial charge in [0, 0.05) is 36.2 Å². The number of nitrogens with two attached hydrogens (primary N) is 1. The Morgan fingerprint density at radius 2 is 2.17 bits per heavy atom. The Balaban J connectivity index is 1.82. The molecule has 2 rings (SSSR count). The zero-order valence-electron chi connectivity index (χ0n) is 10.8. The van der Waals surface area contributed by atoms with Crippen LogP contribution in [0.4, 0.5) is 5.69 Å². The average molecular weight is 264 g/mol. The van der Waals surface area contributed by atoms with Crippen molar-refractivity contribution < 1.29 is 4.79 Å². The van der Waals surface area contributed by atoms with Crippen LogP contribution in [0, 0.1) is 0 Å². The molecular weight excluding hydrogens is 244 g/mol. The fourth-order valence-electron chi connectivity index (χ4n) is 2.14. The summed E-state index contributed by atoms with van der Waals surface area (Å²) in [5.74, 6) is 1.34. The number of hydrogen-bond acceptors (Lipinski definition) is 3. The Morgan fingerprint density at radius 3 is 2.83 bits per heavy atom. The zero-order valence-corrected chi connectivity index (χ0v) is 11.6. The van der Waals surface area contributed by atoms with Crippen LogP contribution in [-0.4, -0.2) is 34.9 Å². The summed E-state index contributed by atoms with van der Waals surface area (Å²) >= 11 is 1.95. The number of thioether (sulfide) groups is 1. The minimum atomic E-state index is 0.277. The number of amides is 1. The van der Waals surface area contributed by atoms with Crippen LogP contribution in [0.3, 0.4) is 0 Å². The lowest BCUT2D eigenvalue weighted by atomic mass is 10.1. The number of rotatable bonds is 3. The summed E-state index contributed by atoms with van der Waals surface area (Å²) in [6.45, 7) is 3.98. The van der Waals surface area contributed by atoms with Gasteiger partial charge in [-0.3, -0.25) is 4.79 Å². The van der Waals surface area contributed by atoms with Gasteiger partial charge in [0.2, 0.25) is 5.91 Å². The van der Waals surface area contributed by atoms with Gasteiger partial charge in [0.25, 0.3) is 0 Å². The maximum Gasteiger partial charge on any atom is 0.222 e. The second kappa shape index (κ2) is 6.14. The fourth-order valence-corrected chi connectivity index (χ4v) is 3.15. The molecule has 1 heterocycles. The lowest BCUT2D eigenvalue weighted by Crippen LogP contribution is -2.41. The third-order valence-electron chi connectivity index (χ3n) is 3.20. The number of nitrogens with zero attached hydrogens (tertiary/aromatic N) is 1. The van der Waals surface area contributed by atoms with Gasteiger partial charge in [-0.1, -0.05) is 19.1 Å². The van der Waals surface area contributed by atoms with Crippen molar-refractivity contribution >= 4 is 23.4 Å². The van der Waals surface area contributed by atoms with Crippen LogP contribution in [-0.2, 0) is 11.2 Å². The molecule has 1 unspecified atom stereocenters. The number of nitrogen functional groups attached to an aromatic ring is 1. The summed E-state index contributed by atoms with van der Waals surface area (Å²) in [4.78, 5) is 14.1. The standard InChI is InChI=1S/C14H20N2OS/c1-11-10-16(8-9-18-11)14(17)7-4-12-2-5-13(15)6-3-12/h2-3,5-6,11H,4,7-10,15H2,1H3. The lowest BCUT2D eigenvalue weighted by molar-refractivity contribution is -0.131. The predicted octanol–water partition coefficient (Wildman–Crippen LogP) is 2.17. The Kier molecular flexibility index (Phi) is 4.53. The molecule has 1 aromatic carbocycles. The smallest absolute Gasteiger partial charge is 0.222 e. The molecule has 0 aromatic heterocycles. The van der Waals surface area contributed by atoms with Gasteiger partial charge < -0.3 is 10.6 Å². The van der Waals surface area contributed by atoms with E-state index in [2.05, 4.69) is 6.92 Å². The summed E-state index contributed by atoms with van der Waals surface area (Å²) in [6, 6.07) is 7.77. The van der Waals surface area contributed by atoms with Gasteiger partial charge in [-0.15, -0.1) is 0 Å². The quantitative estimate of drug-likeness (QED) is 0.851. The molecule has 1 aromatic rings. The van der Waals surface area contributed by atoms with E-state index in [1.54, 1.807) is 0 Å². The van der Waals surface area contributed by atoms with Gasteiger partial charge in [-0.25, -0.2) is 0 Å². The molecule has 1 aliphatic heterocycles. The van der Waals surface area contributed by atoms with Crippen molar-refractivity contribution in [1.82, 2.24) is 4.90 Å². The van der Waals surface area contributed by atoms with Crippen LogP contribution >= 0.6 is 11.8 Å². The molecule has 2 N–H and O–H groups in total. The summed E-state index contributed by atoms with van der Waals surface area (Å²) in [6.07, 6.45) is 1.40. The third kappa shape index (κ3) is 3.67. The van der Waals surface area contributed by atoms with E-state index in [9.17, 15) is 4.79 Å². The molecule has 0 spiro atoms. The highest BCUT2D eigenvalue weighted by molar-refractivity contribution is 7.99. The zero-order chi connectivity index (χ0) is 13.0. The molecule has 1 aliphatic rings. The normalized spacial score (nSPS) is 19.8. The van der Waals surface area contributed by atoms with Crippen LogP contribution in [0.25, 0.3) is 0 Å². The highest BCUT2D eigenvalue weighted by Crippen LogP contribution is 2.18. The van der Waals surface area contributed by atoms with Crippen LogP contribution in [0.5, 0.6) is 0 Å². The van der Waals surface area contributed by atoms with Crippen molar-refractivity contribution in [2.75, 3.05) is 24.6 Å². The van der Waals surface area contributed by atoms with Crippen molar-refractivity contribution in [1.29, 1.82) is 0 Å². The number of carbonyl (C=O) groups is 1. The SMILES string of the molecule is CC1CN(C(=O)CCc2ccc(N)cc2)CCS1. The fraction of sp³-hybridized carbons (Fsp3) is 0.500. The van der Waals surface area contributed by atoms with Crippen LogP contribution in [0.2, 0.25) is 0 Å². The second-order valence-electron chi connectivity index (χ2n) is 4.76. The largest absolute Gasteiger partial charge is 0.399 e. The Morgan fingerprint density at radius 1 is 1.44 bits per heavy atom. The van der Waals surface area contributed by atoms with Crippen LogP contribution in [0.1, 0.15) is 18.9 Å². The molecule has 0 saturated carbocycles. The van der Waals surface area contributed by atoms with Gasteiger partial charge in [-0.2, -0.15) is 11.8 Å². The van der Waals surface area contributed by atoms with E-state index in [0.717, 1.165) is 31.0 Å². The van der Waals surface area contributed by atoms with Gasteiger partial charge in [0.15, 0.2) is 0 Å². The minimum absolute atomic E-state index is 0.277. The highest BCUT2D eigenvalue weighted by atomic mass is 32.2. The van der Waals surface area contributed by atoms with Crippen molar-refractivity contribution in [3.63, 3.8) is 0 Å². The summed E-state index contributed by atoms with van der Waals surface area (Å²) in [5, 5.41) is 0.569. The molecule has 1 fully saturated rings. The molecule has 0 bridgehead atoms.